The van der Waals surface area contributed by atoms with Gasteiger partial charge in [-0.3, -0.25) is 0 Å². The maximum absolute atomic E-state index is 11.6. The zero-order valence-corrected chi connectivity index (χ0v) is 11.2. The summed E-state index contributed by atoms with van der Waals surface area (Å²) in [5.41, 5.74) is 5.44. The van der Waals surface area contributed by atoms with Gasteiger partial charge in [-0.2, -0.15) is 5.26 Å². The summed E-state index contributed by atoms with van der Waals surface area (Å²) >= 11 is 0. The molecule has 1 unspecified atom stereocenters. The maximum Gasteiger partial charge on any atom is 0.405 e. The molecule has 0 saturated heterocycles. The molecule has 0 spiro atoms. The number of amides is 1. The molecule has 6 nitrogen and oxygen atoms in total. The summed E-state index contributed by atoms with van der Waals surface area (Å²) in [6.07, 6.45) is -1.82. The van der Waals surface area contributed by atoms with Gasteiger partial charge < -0.3 is 10.5 Å². The quantitative estimate of drug-likeness (QED) is 0.880. The van der Waals surface area contributed by atoms with Gasteiger partial charge in [0.05, 0.1) is 23.1 Å². The summed E-state index contributed by atoms with van der Waals surface area (Å²) < 4.78 is 28.1. The predicted octanol–water partition coefficient (Wildman–Crippen LogP) is 1.53. The van der Waals surface area contributed by atoms with Gasteiger partial charge in [-0.25, -0.2) is 13.2 Å². The highest BCUT2D eigenvalue weighted by atomic mass is 32.2. The fraction of sp³-hybridized carbons (Fsp3) is 0.333. The van der Waals surface area contributed by atoms with Gasteiger partial charge in [0, 0.05) is 0 Å². The van der Waals surface area contributed by atoms with Crippen molar-refractivity contribution in [3.8, 4) is 6.07 Å². The van der Waals surface area contributed by atoms with Crippen LogP contribution in [0.1, 0.15) is 25.0 Å². The number of ether oxygens (including phenoxy) is 1. The summed E-state index contributed by atoms with van der Waals surface area (Å²) in [5.74, 6) is 0.00571. The van der Waals surface area contributed by atoms with E-state index in [-0.39, 0.29) is 17.1 Å². The third kappa shape index (κ3) is 3.96. The van der Waals surface area contributed by atoms with Crippen molar-refractivity contribution in [2.45, 2.75) is 24.3 Å². The molecule has 102 valence electrons. The molecule has 0 saturated carbocycles. The number of carbonyl (C=O) groups excluding carboxylic acids is 1. The van der Waals surface area contributed by atoms with Gasteiger partial charge in [-0.15, -0.1) is 0 Å². The molecule has 7 heteroatoms. The Bertz CT molecular complexity index is 587. The van der Waals surface area contributed by atoms with E-state index >= 15 is 0 Å². The van der Waals surface area contributed by atoms with Gasteiger partial charge in [0.15, 0.2) is 9.84 Å². The van der Waals surface area contributed by atoms with Crippen LogP contribution in [0.3, 0.4) is 0 Å². The third-order valence-corrected chi connectivity index (χ3v) is 4.28. The molecule has 0 heterocycles. The summed E-state index contributed by atoms with van der Waals surface area (Å²) in [6, 6.07) is 7.73. The molecule has 1 rings (SSSR count). The zero-order valence-electron chi connectivity index (χ0n) is 10.4. The molecule has 1 aromatic rings. The predicted molar refractivity (Wildman–Crippen MR) is 67.8 cm³/mol. The lowest BCUT2D eigenvalue weighted by Crippen LogP contribution is -2.17. The molecule has 0 bridgehead atoms. The first-order valence-corrected chi connectivity index (χ1v) is 7.21. The van der Waals surface area contributed by atoms with E-state index in [2.05, 4.69) is 0 Å². The number of sulfone groups is 1. The summed E-state index contributed by atoms with van der Waals surface area (Å²) in [6.45, 7) is 1.55. The molecule has 19 heavy (non-hydrogen) atoms. The summed E-state index contributed by atoms with van der Waals surface area (Å²) in [7, 11) is -3.27. The number of rotatable bonds is 5. The molecule has 0 fully saturated rings. The Morgan fingerprint density at radius 3 is 2.42 bits per heavy atom. The van der Waals surface area contributed by atoms with Crippen molar-refractivity contribution in [3.05, 3.63) is 29.8 Å². The van der Waals surface area contributed by atoms with Crippen LogP contribution in [-0.4, -0.2) is 20.3 Å². The minimum Gasteiger partial charge on any atom is -0.440 e. The number of nitrogens with two attached hydrogens (primary N) is 1. The van der Waals surface area contributed by atoms with Crippen molar-refractivity contribution in [1.29, 1.82) is 5.26 Å². The van der Waals surface area contributed by atoms with Crippen LogP contribution in [0.25, 0.3) is 0 Å². The minimum absolute atomic E-state index is 0.00571. The van der Waals surface area contributed by atoms with Crippen LogP contribution in [0.5, 0.6) is 0 Å². The Morgan fingerprint density at radius 2 is 2.00 bits per heavy atom. The van der Waals surface area contributed by atoms with E-state index in [1.807, 2.05) is 6.07 Å². The number of hydrogen-bond acceptors (Lipinski definition) is 5. The second-order valence-electron chi connectivity index (χ2n) is 3.76. The average Bonchev–Trinajstić information content (AvgIpc) is 2.38. The normalized spacial score (nSPS) is 12.4. The fourth-order valence-electron chi connectivity index (χ4n) is 1.51. The SMILES string of the molecule is CCS(=O)(=O)c1ccc(C(CC#N)OC(N)=O)cc1. The first kappa shape index (κ1) is 15.0. The second-order valence-corrected chi connectivity index (χ2v) is 6.04. The van der Waals surface area contributed by atoms with E-state index in [0.717, 1.165) is 0 Å². The number of hydrogen-bond donors (Lipinski definition) is 1. The average molecular weight is 282 g/mol. The Morgan fingerprint density at radius 1 is 1.42 bits per heavy atom. The molecule has 1 amide bonds. The molecule has 2 N–H and O–H groups in total. The molecule has 0 aliphatic heterocycles. The first-order chi connectivity index (χ1) is 8.90. The van der Waals surface area contributed by atoms with Crippen molar-refractivity contribution < 1.29 is 17.9 Å². The Hall–Kier alpha value is -2.07. The van der Waals surface area contributed by atoms with E-state index < -0.39 is 22.0 Å². The number of carbonyl (C=O) groups is 1. The molecule has 1 atom stereocenters. The van der Waals surface area contributed by atoms with Crippen LogP contribution < -0.4 is 5.73 Å². The van der Waals surface area contributed by atoms with Crippen LogP contribution in [0.15, 0.2) is 29.2 Å². The lowest BCUT2D eigenvalue weighted by atomic mass is 10.1. The van der Waals surface area contributed by atoms with Gasteiger partial charge in [-0.1, -0.05) is 19.1 Å². The lowest BCUT2D eigenvalue weighted by molar-refractivity contribution is 0.109. The zero-order chi connectivity index (χ0) is 14.5. The van der Waals surface area contributed by atoms with Crippen LogP contribution in [0.4, 0.5) is 4.79 Å². The lowest BCUT2D eigenvalue weighted by Gasteiger charge is -2.14. The summed E-state index contributed by atoms with van der Waals surface area (Å²) in [5, 5.41) is 8.65. The van der Waals surface area contributed by atoms with E-state index in [1.165, 1.54) is 24.3 Å². The largest absolute Gasteiger partial charge is 0.440 e. The molecule has 0 aliphatic rings. The van der Waals surface area contributed by atoms with Crippen LogP contribution in [0.2, 0.25) is 0 Å². The van der Waals surface area contributed by atoms with E-state index in [4.69, 9.17) is 15.7 Å². The van der Waals surface area contributed by atoms with Crippen molar-refractivity contribution in [1.82, 2.24) is 0 Å². The Kier molecular flexibility index (Phi) is 4.89. The smallest absolute Gasteiger partial charge is 0.405 e. The van der Waals surface area contributed by atoms with Gasteiger partial charge in [0.2, 0.25) is 0 Å². The molecule has 0 radical (unpaired) electrons. The Labute approximate surface area is 111 Å². The van der Waals surface area contributed by atoms with E-state index in [9.17, 15) is 13.2 Å². The topological polar surface area (TPSA) is 110 Å². The van der Waals surface area contributed by atoms with Gasteiger partial charge >= 0.3 is 6.09 Å². The van der Waals surface area contributed by atoms with Gasteiger partial charge in [0.1, 0.15) is 6.10 Å². The monoisotopic (exact) mass is 282 g/mol. The van der Waals surface area contributed by atoms with Gasteiger partial charge in [-0.05, 0) is 17.7 Å². The fourth-order valence-corrected chi connectivity index (χ4v) is 2.39. The molecule has 0 aliphatic carbocycles. The highest BCUT2D eigenvalue weighted by Gasteiger charge is 2.17. The highest BCUT2D eigenvalue weighted by Crippen LogP contribution is 2.22. The number of benzene rings is 1. The van der Waals surface area contributed by atoms with Crippen molar-refractivity contribution >= 4 is 15.9 Å². The highest BCUT2D eigenvalue weighted by molar-refractivity contribution is 7.91. The van der Waals surface area contributed by atoms with Crippen LogP contribution >= 0.6 is 0 Å². The minimum atomic E-state index is -3.27. The number of primary amides is 1. The first-order valence-electron chi connectivity index (χ1n) is 5.56. The van der Waals surface area contributed by atoms with Crippen LogP contribution in [-0.2, 0) is 14.6 Å². The molecular weight excluding hydrogens is 268 g/mol. The second kappa shape index (κ2) is 6.20. The number of nitriles is 1. The van der Waals surface area contributed by atoms with Crippen molar-refractivity contribution in [2.24, 2.45) is 5.73 Å². The molecule has 1 aromatic carbocycles. The summed E-state index contributed by atoms with van der Waals surface area (Å²) in [4.78, 5) is 10.9. The molecule has 0 aromatic heterocycles. The van der Waals surface area contributed by atoms with E-state index in [1.54, 1.807) is 6.92 Å². The van der Waals surface area contributed by atoms with Crippen molar-refractivity contribution in [2.75, 3.05) is 5.75 Å². The maximum atomic E-state index is 11.6. The third-order valence-electron chi connectivity index (χ3n) is 2.53. The Balaban J connectivity index is 3.02. The van der Waals surface area contributed by atoms with Crippen molar-refractivity contribution in [3.63, 3.8) is 0 Å². The number of nitrogens with zero attached hydrogens (tertiary/aromatic N) is 1. The van der Waals surface area contributed by atoms with Crippen LogP contribution in [0, 0.1) is 11.3 Å². The van der Waals surface area contributed by atoms with E-state index in [0.29, 0.717) is 5.56 Å². The standard InChI is InChI=1S/C12H14N2O4S/c1-2-19(16,17)10-5-3-9(4-6-10)11(7-8-13)18-12(14)15/h3-6,11H,2,7H2,1H3,(H2,14,15). The molecular formula is C12H14N2O4S. The van der Waals surface area contributed by atoms with Gasteiger partial charge in [0.25, 0.3) is 0 Å².